The van der Waals surface area contributed by atoms with Crippen molar-refractivity contribution in [1.29, 1.82) is 0 Å². The van der Waals surface area contributed by atoms with Gasteiger partial charge in [0.25, 0.3) is 0 Å². The molecular weight excluding hydrogens is 284 g/mol. The van der Waals surface area contributed by atoms with E-state index in [-0.39, 0.29) is 18.4 Å². The third-order valence-electron chi connectivity index (χ3n) is 3.22. The largest absolute Gasteiger partial charge is 0.378 e. The molecule has 2 aliphatic heterocycles. The fourth-order valence-electron chi connectivity index (χ4n) is 2.15. The molecule has 1 aromatic rings. The van der Waals surface area contributed by atoms with Crippen LogP contribution in [0.5, 0.6) is 0 Å². The van der Waals surface area contributed by atoms with Gasteiger partial charge in [-0.1, -0.05) is 6.07 Å². The summed E-state index contributed by atoms with van der Waals surface area (Å²) in [7, 11) is 0. The Hall–Kier alpha value is -2.29. The molecule has 0 aromatic heterocycles. The summed E-state index contributed by atoms with van der Waals surface area (Å²) in [4.78, 5) is 13.7. The molecule has 0 atom stereocenters. The fraction of sp³-hybridized carbons (Fsp3) is 0.417. The Morgan fingerprint density at radius 2 is 1.81 bits per heavy atom. The smallest absolute Gasteiger partial charge is 0.343 e. The van der Waals surface area contributed by atoms with E-state index in [2.05, 4.69) is 10.4 Å². The van der Waals surface area contributed by atoms with Gasteiger partial charge in [0.2, 0.25) is 0 Å². The molecule has 1 saturated heterocycles. The first-order valence-electron chi connectivity index (χ1n) is 6.44. The van der Waals surface area contributed by atoms with E-state index in [1.165, 1.54) is 6.07 Å². The summed E-state index contributed by atoms with van der Waals surface area (Å²) in [6.07, 6.45) is 0. The zero-order valence-corrected chi connectivity index (χ0v) is 11.1. The molecule has 0 spiro atoms. The van der Waals surface area contributed by atoms with E-state index >= 15 is 0 Å². The third kappa shape index (κ3) is 2.64. The number of carbonyl (C=O) groups excluding carboxylic acids is 1. The van der Waals surface area contributed by atoms with Crippen LogP contribution in [0.15, 0.2) is 28.6 Å². The Labute approximate surface area is 119 Å². The number of amides is 2. The number of halogens is 2. The SMILES string of the molecule is O=C(N1CCOCC1)N1CN(c2c(F)cccc2F)N=N1. The van der Waals surface area contributed by atoms with Crippen molar-refractivity contribution in [2.45, 2.75) is 0 Å². The maximum absolute atomic E-state index is 13.7. The van der Waals surface area contributed by atoms with E-state index in [0.29, 0.717) is 26.3 Å². The predicted molar refractivity (Wildman–Crippen MR) is 68.2 cm³/mol. The van der Waals surface area contributed by atoms with Crippen LogP contribution in [0.2, 0.25) is 0 Å². The van der Waals surface area contributed by atoms with Gasteiger partial charge in [0.15, 0.2) is 11.6 Å². The van der Waals surface area contributed by atoms with Crippen LogP contribution in [-0.4, -0.2) is 48.9 Å². The van der Waals surface area contributed by atoms with Crippen molar-refractivity contribution in [3.63, 3.8) is 0 Å². The molecule has 0 saturated carbocycles. The van der Waals surface area contributed by atoms with Crippen LogP contribution in [0.3, 0.4) is 0 Å². The monoisotopic (exact) mass is 297 g/mol. The van der Waals surface area contributed by atoms with Gasteiger partial charge in [0, 0.05) is 13.1 Å². The minimum atomic E-state index is -0.755. The number of benzene rings is 1. The number of ether oxygens (including phenoxy) is 1. The fourth-order valence-corrected chi connectivity index (χ4v) is 2.15. The Bertz CT molecular complexity index is 557. The summed E-state index contributed by atoms with van der Waals surface area (Å²) in [6, 6.07) is 3.15. The number of anilines is 1. The van der Waals surface area contributed by atoms with E-state index in [1.54, 1.807) is 4.90 Å². The van der Waals surface area contributed by atoms with Crippen LogP contribution in [0.25, 0.3) is 0 Å². The molecule has 2 aliphatic rings. The highest BCUT2D eigenvalue weighted by atomic mass is 19.1. The molecule has 1 aromatic carbocycles. The first-order chi connectivity index (χ1) is 10.2. The second-order valence-electron chi connectivity index (χ2n) is 4.57. The van der Waals surface area contributed by atoms with Crippen LogP contribution in [0.1, 0.15) is 0 Å². The normalized spacial score (nSPS) is 18.5. The first-order valence-corrected chi connectivity index (χ1v) is 6.44. The maximum atomic E-state index is 13.7. The van der Waals surface area contributed by atoms with Gasteiger partial charge in [-0.05, 0) is 22.6 Å². The van der Waals surface area contributed by atoms with Crippen LogP contribution in [-0.2, 0) is 4.74 Å². The van der Waals surface area contributed by atoms with Crippen LogP contribution in [0.4, 0.5) is 19.3 Å². The van der Waals surface area contributed by atoms with Gasteiger partial charge >= 0.3 is 6.03 Å². The third-order valence-corrected chi connectivity index (χ3v) is 3.22. The molecule has 2 heterocycles. The van der Waals surface area contributed by atoms with Gasteiger partial charge in [-0.25, -0.2) is 18.6 Å². The van der Waals surface area contributed by atoms with Crippen LogP contribution >= 0.6 is 0 Å². The number of carbonyl (C=O) groups is 1. The molecule has 0 radical (unpaired) electrons. The van der Waals surface area contributed by atoms with Crippen molar-refractivity contribution >= 4 is 11.7 Å². The highest BCUT2D eigenvalue weighted by Gasteiger charge is 2.30. The first kappa shape index (κ1) is 13.7. The number of hydrogen-bond acceptors (Lipinski definition) is 5. The Morgan fingerprint density at radius 3 is 2.48 bits per heavy atom. The summed E-state index contributed by atoms with van der Waals surface area (Å²) in [6.45, 7) is 1.70. The lowest BCUT2D eigenvalue weighted by Gasteiger charge is -2.28. The number of rotatable bonds is 1. The lowest BCUT2D eigenvalue weighted by molar-refractivity contribution is 0.0443. The highest BCUT2D eigenvalue weighted by molar-refractivity contribution is 5.74. The molecule has 0 bridgehead atoms. The summed E-state index contributed by atoms with van der Waals surface area (Å²) >= 11 is 0. The van der Waals surface area contributed by atoms with E-state index in [4.69, 9.17) is 4.74 Å². The van der Waals surface area contributed by atoms with Gasteiger partial charge in [0.05, 0.1) is 13.2 Å². The van der Waals surface area contributed by atoms with Gasteiger partial charge < -0.3 is 9.64 Å². The number of para-hydroxylation sites is 1. The van der Waals surface area contributed by atoms with Crippen molar-refractivity contribution in [3.05, 3.63) is 29.8 Å². The molecule has 1 fully saturated rings. The minimum Gasteiger partial charge on any atom is -0.378 e. The molecule has 2 amide bonds. The summed E-state index contributed by atoms with van der Waals surface area (Å²) < 4.78 is 32.5. The highest BCUT2D eigenvalue weighted by Crippen LogP contribution is 2.26. The minimum absolute atomic E-state index is 0.131. The van der Waals surface area contributed by atoms with Crippen molar-refractivity contribution < 1.29 is 18.3 Å². The van der Waals surface area contributed by atoms with Crippen LogP contribution < -0.4 is 5.01 Å². The van der Waals surface area contributed by atoms with Crippen LogP contribution in [0, 0.1) is 11.6 Å². The summed E-state index contributed by atoms with van der Waals surface area (Å²) in [5, 5.41) is 9.40. The molecule has 0 aliphatic carbocycles. The number of morpholine rings is 1. The molecule has 112 valence electrons. The Kier molecular flexibility index (Phi) is 3.65. The number of urea groups is 1. The summed E-state index contributed by atoms with van der Waals surface area (Å²) in [5.74, 6) is -1.51. The molecule has 9 heteroatoms. The zero-order valence-electron chi connectivity index (χ0n) is 11.1. The quantitative estimate of drug-likeness (QED) is 0.794. The Morgan fingerprint density at radius 1 is 1.14 bits per heavy atom. The second kappa shape index (κ2) is 5.60. The maximum Gasteiger partial charge on any atom is 0.343 e. The van der Waals surface area contributed by atoms with Crippen molar-refractivity contribution in [1.82, 2.24) is 9.91 Å². The van der Waals surface area contributed by atoms with Gasteiger partial charge in [-0.3, -0.25) is 0 Å². The average molecular weight is 297 g/mol. The van der Waals surface area contributed by atoms with E-state index in [9.17, 15) is 13.6 Å². The molecule has 7 nitrogen and oxygen atoms in total. The van der Waals surface area contributed by atoms with Gasteiger partial charge in [0.1, 0.15) is 12.4 Å². The Balaban J connectivity index is 1.71. The van der Waals surface area contributed by atoms with Crippen molar-refractivity contribution in [2.24, 2.45) is 10.4 Å². The zero-order chi connectivity index (χ0) is 14.8. The standard InChI is InChI=1S/C12H13F2N5O2/c13-9-2-1-3-10(14)11(9)18-8-19(16-15-18)12(20)17-4-6-21-7-5-17/h1-3H,4-8H2. The average Bonchev–Trinajstić information content (AvgIpc) is 2.97. The number of hydrogen-bond donors (Lipinski definition) is 0. The molecular formula is C12H13F2N5O2. The molecule has 3 rings (SSSR count). The van der Waals surface area contributed by atoms with E-state index in [0.717, 1.165) is 22.2 Å². The van der Waals surface area contributed by atoms with Crippen molar-refractivity contribution in [2.75, 3.05) is 38.0 Å². The lowest BCUT2D eigenvalue weighted by Crippen LogP contribution is -2.47. The topological polar surface area (TPSA) is 60.7 Å². The van der Waals surface area contributed by atoms with E-state index in [1.807, 2.05) is 0 Å². The van der Waals surface area contributed by atoms with Gasteiger partial charge in [-0.15, -0.1) is 0 Å². The second-order valence-corrected chi connectivity index (χ2v) is 4.57. The molecule has 0 unspecified atom stereocenters. The van der Waals surface area contributed by atoms with E-state index < -0.39 is 11.6 Å². The van der Waals surface area contributed by atoms with Gasteiger partial charge in [-0.2, -0.15) is 5.01 Å². The number of nitrogens with zero attached hydrogens (tertiary/aromatic N) is 5. The molecule has 0 N–H and O–H groups in total. The molecule has 21 heavy (non-hydrogen) atoms. The predicted octanol–water partition coefficient (Wildman–Crippen LogP) is 1.78. The van der Waals surface area contributed by atoms with Crippen molar-refractivity contribution in [3.8, 4) is 0 Å². The summed E-state index contributed by atoms with van der Waals surface area (Å²) in [5.41, 5.74) is -0.321. The lowest BCUT2D eigenvalue weighted by atomic mass is 10.3.